The van der Waals surface area contributed by atoms with Gasteiger partial charge in [-0.25, -0.2) is 0 Å². The van der Waals surface area contributed by atoms with Crippen LogP contribution in [-0.2, 0) is 19.4 Å². The van der Waals surface area contributed by atoms with E-state index in [4.69, 9.17) is 16.3 Å². The molecular weight excluding hydrogens is 288 g/mol. The van der Waals surface area contributed by atoms with Gasteiger partial charge in [-0.1, -0.05) is 23.7 Å². The van der Waals surface area contributed by atoms with Crippen molar-refractivity contribution >= 4 is 11.6 Å². The second kappa shape index (κ2) is 6.96. The van der Waals surface area contributed by atoms with Crippen molar-refractivity contribution in [1.29, 1.82) is 0 Å². The SMILES string of the molecule is CCn1nc(C)c(Cl)c1CC(O)Cc1cccc(OC)c1. The molecule has 1 N–H and O–H groups in total. The van der Waals surface area contributed by atoms with Gasteiger partial charge in [0, 0.05) is 13.0 Å². The number of aliphatic hydroxyl groups excluding tert-OH is 1. The Morgan fingerprint density at radius 3 is 2.81 bits per heavy atom. The van der Waals surface area contributed by atoms with E-state index in [1.807, 2.05) is 42.8 Å². The van der Waals surface area contributed by atoms with E-state index < -0.39 is 6.10 Å². The molecule has 114 valence electrons. The summed E-state index contributed by atoms with van der Waals surface area (Å²) in [6.45, 7) is 4.64. The highest BCUT2D eigenvalue weighted by Gasteiger charge is 2.17. The fraction of sp³-hybridized carbons (Fsp3) is 0.438. The van der Waals surface area contributed by atoms with Crippen LogP contribution in [0.15, 0.2) is 24.3 Å². The van der Waals surface area contributed by atoms with E-state index in [9.17, 15) is 5.11 Å². The van der Waals surface area contributed by atoms with Crippen molar-refractivity contribution in [2.75, 3.05) is 7.11 Å². The Labute approximate surface area is 130 Å². The van der Waals surface area contributed by atoms with E-state index >= 15 is 0 Å². The highest BCUT2D eigenvalue weighted by atomic mass is 35.5. The number of aryl methyl sites for hydroxylation is 2. The normalized spacial score (nSPS) is 12.4. The Hall–Kier alpha value is -1.52. The highest BCUT2D eigenvalue weighted by Crippen LogP contribution is 2.23. The molecule has 1 unspecified atom stereocenters. The molecule has 4 nitrogen and oxygen atoms in total. The lowest BCUT2D eigenvalue weighted by Crippen LogP contribution is -2.17. The van der Waals surface area contributed by atoms with Gasteiger partial charge in [0.15, 0.2) is 0 Å². The summed E-state index contributed by atoms with van der Waals surface area (Å²) in [5.74, 6) is 0.798. The number of benzene rings is 1. The van der Waals surface area contributed by atoms with Crippen molar-refractivity contribution in [2.24, 2.45) is 0 Å². The molecule has 0 amide bonds. The molecule has 2 rings (SSSR count). The maximum Gasteiger partial charge on any atom is 0.119 e. The van der Waals surface area contributed by atoms with Gasteiger partial charge in [0.1, 0.15) is 5.75 Å². The van der Waals surface area contributed by atoms with Crippen LogP contribution < -0.4 is 4.74 Å². The van der Waals surface area contributed by atoms with E-state index in [-0.39, 0.29) is 0 Å². The summed E-state index contributed by atoms with van der Waals surface area (Å²) < 4.78 is 7.05. The molecule has 1 atom stereocenters. The number of hydrogen-bond acceptors (Lipinski definition) is 3. The molecule has 1 aromatic carbocycles. The van der Waals surface area contributed by atoms with Gasteiger partial charge in [-0.2, -0.15) is 5.10 Å². The van der Waals surface area contributed by atoms with Gasteiger partial charge in [-0.3, -0.25) is 4.68 Å². The van der Waals surface area contributed by atoms with E-state index in [2.05, 4.69) is 5.10 Å². The van der Waals surface area contributed by atoms with E-state index in [0.29, 0.717) is 17.9 Å². The summed E-state index contributed by atoms with van der Waals surface area (Å²) in [6, 6.07) is 7.74. The zero-order valence-corrected chi connectivity index (χ0v) is 13.4. The van der Waals surface area contributed by atoms with Crippen molar-refractivity contribution in [3.8, 4) is 5.75 Å². The molecule has 2 aromatic rings. The zero-order chi connectivity index (χ0) is 15.4. The monoisotopic (exact) mass is 308 g/mol. The highest BCUT2D eigenvalue weighted by molar-refractivity contribution is 6.31. The van der Waals surface area contributed by atoms with Gasteiger partial charge in [0.05, 0.1) is 29.6 Å². The molecule has 21 heavy (non-hydrogen) atoms. The third-order valence-corrected chi connectivity index (χ3v) is 3.98. The molecule has 1 heterocycles. The second-order valence-corrected chi connectivity index (χ2v) is 5.45. The number of methoxy groups -OCH3 is 1. The molecule has 0 saturated heterocycles. The van der Waals surface area contributed by atoms with Crippen LogP contribution in [0.3, 0.4) is 0 Å². The van der Waals surface area contributed by atoms with Gasteiger partial charge in [0.25, 0.3) is 0 Å². The molecule has 5 heteroatoms. The van der Waals surface area contributed by atoms with Crippen molar-refractivity contribution in [3.63, 3.8) is 0 Å². The smallest absolute Gasteiger partial charge is 0.119 e. The van der Waals surface area contributed by atoms with Crippen molar-refractivity contribution in [1.82, 2.24) is 9.78 Å². The van der Waals surface area contributed by atoms with Gasteiger partial charge < -0.3 is 9.84 Å². The Balaban J connectivity index is 2.09. The molecule has 0 spiro atoms. The summed E-state index contributed by atoms with van der Waals surface area (Å²) in [6.07, 6.45) is 0.544. The van der Waals surface area contributed by atoms with Gasteiger partial charge in [-0.05, 0) is 38.0 Å². The zero-order valence-electron chi connectivity index (χ0n) is 12.6. The maximum atomic E-state index is 10.3. The lowest BCUT2D eigenvalue weighted by atomic mass is 10.0. The summed E-state index contributed by atoms with van der Waals surface area (Å²) in [7, 11) is 1.64. The second-order valence-electron chi connectivity index (χ2n) is 5.08. The lowest BCUT2D eigenvalue weighted by molar-refractivity contribution is 0.172. The summed E-state index contributed by atoms with van der Waals surface area (Å²) in [4.78, 5) is 0. The number of nitrogens with zero attached hydrogens (tertiary/aromatic N) is 2. The van der Waals surface area contributed by atoms with Crippen molar-refractivity contribution < 1.29 is 9.84 Å². The van der Waals surface area contributed by atoms with Crippen molar-refractivity contribution in [2.45, 2.75) is 39.3 Å². The summed E-state index contributed by atoms with van der Waals surface area (Å²) >= 11 is 6.27. The molecule has 0 aliphatic rings. The van der Waals surface area contributed by atoms with E-state index in [1.54, 1.807) is 7.11 Å². The first-order chi connectivity index (χ1) is 10.0. The van der Waals surface area contributed by atoms with Crippen LogP contribution in [-0.4, -0.2) is 28.1 Å². The standard InChI is InChI=1S/C16H21ClN2O2/c1-4-19-15(16(17)11(2)18-19)10-13(20)8-12-6-5-7-14(9-12)21-3/h5-7,9,13,20H,4,8,10H2,1-3H3. The van der Waals surface area contributed by atoms with Crippen LogP contribution in [0.25, 0.3) is 0 Å². The largest absolute Gasteiger partial charge is 0.497 e. The van der Waals surface area contributed by atoms with E-state index in [0.717, 1.165) is 29.2 Å². The molecule has 0 radical (unpaired) electrons. The molecule has 0 fully saturated rings. The summed E-state index contributed by atoms with van der Waals surface area (Å²) in [5.41, 5.74) is 2.74. The third kappa shape index (κ3) is 3.77. The Morgan fingerprint density at radius 1 is 1.38 bits per heavy atom. The first-order valence-corrected chi connectivity index (χ1v) is 7.45. The molecule has 0 aliphatic heterocycles. The van der Waals surface area contributed by atoms with Crippen LogP contribution in [0, 0.1) is 6.92 Å². The number of rotatable bonds is 6. The predicted molar refractivity (Wildman–Crippen MR) is 84.1 cm³/mol. The Bertz CT molecular complexity index is 610. The minimum Gasteiger partial charge on any atom is -0.497 e. The number of hydrogen-bond donors (Lipinski definition) is 1. The lowest BCUT2D eigenvalue weighted by Gasteiger charge is -2.13. The van der Waals surface area contributed by atoms with Crippen LogP contribution in [0.2, 0.25) is 5.02 Å². The average molecular weight is 309 g/mol. The quantitative estimate of drug-likeness (QED) is 0.892. The van der Waals surface area contributed by atoms with Crippen LogP contribution in [0.1, 0.15) is 23.9 Å². The topological polar surface area (TPSA) is 47.3 Å². The molecule has 1 aromatic heterocycles. The fourth-order valence-corrected chi connectivity index (χ4v) is 2.64. The van der Waals surface area contributed by atoms with Gasteiger partial charge in [0.2, 0.25) is 0 Å². The number of aliphatic hydroxyl groups is 1. The van der Waals surface area contributed by atoms with Gasteiger partial charge >= 0.3 is 0 Å². The molecular formula is C16H21ClN2O2. The van der Waals surface area contributed by atoms with E-state index in [1.165, 1.54) is 0 Å². The number of ether oxygens (including phenoxy) is 1. The molecule has 0 aliphatic carbocycles. The van der Waals surface area contributed by atoms with Crippen molar-refractivity contribution in [3.05, 3.63) is 46.2 Å². The minimum absolute atomic E-state index is 0.491. The van der Waals surface area contributed by atoms with Gasteiger partial charge in [-0.15, -0.1) is 0 Å². The summed E-state index contributed by atoms with van der Waals surface area (Å²) in [5, 5.41) is 15.4. The van der Waals surface area contributed by atoms with Crippen LogP contribution >= 0.6 is 11.6 Å². The fourth-order valence-electron chi connectivity index (χ4n) is 2.43. The first-order valence-electron chi connectivity index (χ1n) is 7.08. The average Bonchev–Trinajstić information content (AvgIpc) is 2.75. The Morgan fingerprint density at radius 2 is 2.14 bits per heavy atom. The number of aromatic nitrogens is 2. The third-order valence-electron chi connectivity index (χ3n) is 3.49. The minimum atomic E-state index is -0.504. The van der Waals surface area contributed by atoms with Crippen LogP contribution in [0.4, 0.5) is 0 Å². The predicted octanol–water partition coefficient (Wildman–Crippen LogP) is 3.02. The maximum absolute atomic E-state index is 10.3. The van der Waals surface area contributed by atoms with Crippen LogP contribution in [0.5, 0.6) is 5.75 Å². The number of halogens is 1. The first kappa shape index (κ1) is 15.9. The molecule has 0 bridgehead atoms. The molecule has 0 saturated carbocycles. The Kier molecular flexibility index (Phi) is 5.26.